The monoisotopic (exact) mass is 321 g/mol. The lowest BCUT2D eigenvalue weighted by molar-refractivity contribution is 0.449. The van der Waals surface area contributed by atoms with Gasteiger partial charge in [0.25, 0.3) is 0 Å². The van der Waals surface area contributed by atoms with Gasteiger partial charge < -0.3 is 0 Å². The highest BCUT2D eigenvalue weighted by atomic mass is 79.9. The van der Waals surface area contributed by atoms with Crippen molar-refractivity contribution in [2.24, 2.45) is 0 Å². The van der Waals surface area contributed by atoms with Crippen LogP contribution in [0.15, 0.2) is 16.6 Å². The summed E-state index contributed by atoms with van der Waals surface area (Å²) in [5, 5.41) is 0. The molecule has 0 saturated heterocycles. The Labute approximate surface area is 111 Å². The largest absolute Gasteiger partial charge is 0.302 e. The molecule has 1 aromatic rings. The highest BCUT2D eigenvalue weighted by Gasteiger charge is 2.18. The van der Waals surface area contributed by atoms with E-state index < -0.39 is 10.2 Å². The quantitative estimate of drug-likeness (QED) is 0.903. The summed E-state index contributed by atoms with van der Waals surface area (Å²) in [7, 11) is -3.50. The lowest BCUT2D eigenvalue weighted by Crippen LogP contribution is -2.35. The fourth-order valence-corrected chi connectivity index (χ4v) is 2.77. The lowest BCUT2D eigenvalue weighted by Gasteiger charge is -2.19. The number of hydrogen-bond acceptors (Lipinski definition) is 3. The number of halogens is 1. The van der Waals surface area contributed by atoms with E-state index in [1.165, 1.54) is 4.31 Å². The maximum Gasteiger partial charge on any atom is 0.302 e. The predicted octanol–water partition coefficient (Wildman–Crippen LogP) is 2.15. The molecule has 0 amide bonds. The van der Waals surface area contributed by atoms with Crippen LogP contribution >= 0.6 is 15.9 Å². The van der Waals surface area contributed by atoms with E-state index in [4.69, 9.17) is 0 Å². The molecule has 0 atom stereocenters. The topological polar surface area (TPSA) is 62.3 Å². The molecule has 7 heteroatoms. The van der Waals surface area contributed by atoms with Crippen molar-refractivity contribution < 1.29 is 8.42 Å². The number of hydrogen-bond donors (Lipinski definition) is 1. The minimum atomic E-state index is -3.50. The van der Waals surface area contributed by atoms with Crippen LogP contribution in [0.25, 0.3) is 0 Å². The van der Waals surface area contributed by atoms with Crippen LogP contribution in [0.2, 0.25) is 0 Å². The Hall–Kier alpha value is -0.660. The third kappa shape index (κ3) is 3.65. The SMILES string of the molecule is CCN(CC)S(=O)(=O)Nc1ccc(Br)c(C)n1. The van der Waals surface area contributed by atoms with Crippen LogP contribution in [0.1, 0.15) is 19.5 Å². The van der Waals surface area contributed by atoms with E-state index in [0.29, 0.717) is 18.9 Å². The minimum absolute atomic E-state index is 0.331. The molecule has 1 N–H and O–H groups in total. The zero-order chi connectivity index (χ0) is 13.1. The molecule has 1 aromatic heterocycles. The summed E-state index contributed by atoms with van der Waals surface area (Å²) in [5.41, 5.74) is 0.741. The Balaban J connectivity index is 2.94. The molecule has 0 spiro atoms. The van der Waals surface area contributed by atoms with Crippen molar-refractivity contribution in [3.63, 3.8) is 0 Å². The van der Waals surface area contributed by atoms with Crippen molar-refractivity contribution in [3.05, 3.63) is 22.3 Å². The van der Waals surface area contributed by atoms with E-state index in [0.717, 1.165) is 10.2 Å². The van der Waals surface area contributed by atoms with Crippen LogP contribution in [0.3, 0.4) is 0 Å². The van der Waals surface area contributed by atoms with E-state index in [1.807, 2.05) is 0 Å². The Bertz CT molecular complexity index is 486. The number of anilines is 1. The molecule has 0 fully saturated rings. The number of aryl methyl sites for hydroxylation is 1. The highest BCUT2D eigenvalue weighted by molar-refractivity contribution is 9.10. The molecule has 17 heavy (non-hydrogen) atoms. The first-order valence-electron chi connectivity index (χ1n) is 5.31. The van der Waals surface area contributed by atoms with Crippen LogP contribution < -0.4 is 4.72 Å². The number of rotatable bonds is 5. The minimum Gasteiger partial charge on any atom is -0.254 e. The van der Waals surface area contributed by atoms with Crippen LogP contribution in [-0.4, -0.2) is 30.8 Å². The molecule has 0 saturated carbocycles. The van der Waals surface area contributed by atoms with Gasteiger partial charge >= 0.3 is 10.2 Å². The predicted molar refractivity (Wildman–Crippen MR) is 72.1 cm³/mol. The Morgan fingerprint density at radius 2 is 1.94 bits per heavy atom. The number of aromatic nitrogens is 1. The average molecular weight is 322 g/mol. The molecule has 1 rings (SSSR count). The van der Waals surface area contributed by atoms with E-state index in [1.54, 1.807) is 32.9 Å². The van der Waals surface area contributed by atoms with Crippen LogP contribution in [-0.2, 0) is 10.2 Å². The second-order valence-corrected chi connectivity index (χ2v) is 5.98. The molecule has 0 aliphatic carbocycles. The second-order valence-electron chi connectivity index (χ2n) is 3.46. The van der Waals surface area contributed by atoms with Crippen molar-refractivity contribution in [2.75, 3.05) is 17.8 Å². The fraction of sp³-hybridized carbons (Fsp3) is 0.500. The molecule has 0 bridgehead atoms. The summed E-state index contributed by atoms with van der Waals surface area (Å²) in [6, 6.07) is 3.39. The van der Waals surface area contributed by atoms with Crippen molar-refractivity contribution in [1.82, 2.24) is 9.29 Å². The van der Waals surface area contributed by atoms with Gasteiger partial charge in [0, 0.05) is 17.6 Å². The molecular weight excluding hydrogens is 306 g/mol. The third-order valence-electron chi connectivity index (χ3n) is 2.30. The first-order chi connectivity index (χ1) is 7.90. The summed E-state index contributed by atoms with van der Waals surface area (Å²) in [4.78, 5) is 4.15. The van der Waals surface area contributed by atoms with Crippen molar-refractivity contribution in [3.8, 4) is 0 Å². The van der Waals surface area contributed by atoms with Crippen LogP contribution in [0, 0.1) is 6.92 Å². The van der Waals surface area contributed by atoms with Crippen LogP contribution in [0.4, 0.5) is 5.82 Å². The maximum absolute atomic E-state index is 11.9. The van der Waals surface area contributed by atoms with Gasteiger partial charge in [0.2, 0.25) is 0 Å². The normalized spacial score (nSPS) is 11.8. The molecule has 0 aromatic carbocycles. The van der Waals surface area contributed by atoms with E-state index in [9.17, 15) is 8.42 Å². The Kier molecular flexibility index (Phi) is 4.91. The van der Waals surface area contributed by atoms with E-state index in [2.05, 4.69) is 25.6 Å². The van der Waals surface area contributed by atoms with Gasteiger partial charge in [-0.15, -0.1) is 0 Å². The first kappa shape index (κ1) is 14.4. The van der Waals surface area contributed by atoms with E-state index in [-0.39, 0.29) is 0 Å². The maximum atomic E-state index is 11.9. The molecule has 0 radical (unpaired) electrons. The van der Waals surface area contributed by atoms with Gasteiger partial charge in [-0.1, -0.05) is 13.8 Å². The van der Waals surface area contributed by atoms with Crippen molar-refractivity contribution >= 4 is 32.0 Å². The molecule has 96 valence electrons. The summed E-state index contributed by atoms with van der Waals surface area (Å²) in [6.07, 6.45) is 0. The summed E-state index contributed by atoms with van der Waals surface area (Å²) in [6.45, 7) is 6.26. The number of nitrogens with zero attached hydrogens (tertiary/aromatic N) is 2. The third-order valence-corrected chi connectivity index (χ3v) is 4.80. The van der Waals surface area contributed by atoms with Gasteiger partial charge in [-0.3, -0.25) is 4.72 Å². The molecule has 5 nitrogen and oxygen atoms in total. The van der Waals surface area contributed by atoms with Gasteiger partial charge in [0.15, 0.2) is 0 Å². The van der Waals surface area contributed by atoms with Gasteiger partial charge in [0.05, 0.1) is 5.69 Å². The van der Waals surface area contributed by atoms with Gasteiger partial charge in [-0.05, 0) is 35.0 Å². The summed E-state index contributed by atoms with van der Waals surface area (Å²) < 4.78 is 28.5. The number of nitrogens with one attached hydrogen (secondary N) is 1. The standard InChI is InChI=1S/C10H16BrN3O2S/c1-4-14(5-2)17(15,16)13-10-7-6-9(11)8(3)12-10/h6-7H,4-5H2,1-3H3,(H,12,13). The molecule has 0 unspecified atom stereocenters. The Morgan fingerprint density at radius 1 is 1.35 bits per heavy atom. The highest BCUT2D eigenvalue weighted by Crippen LogP contribution is 2.17. The molecular formula is C10H16BrN3O2S. The van der Waals surface area contributed by atoms with Gasteiger partial charge in [-0.2, -0.15) is 12.7 Å². The lowest BCUT2D eigenvalue weighted by atomic mass is 10.4. The van der Waals surface area contributed by atoms with E-state index >= 15 is 0 Å². The summed E-state index contributed by atoms with van der Waals surface area (Å²) in [5.74, 6) is 0.331. The Morgan fingerprint density at radius 3 is 2.41 bits per heavy atom. The van der Waals surface area contributed by atoms with Crippen LogP contribution in [0.5, 0.6) is 0 Å². The zero-order valence-corrected chi connectivity index (χ0v) is 12.5. The molecule has 1 heterocycles. The van der Waals surface area contributed by atoms with Gasteiger partial charge in [-0.25, -0.2) is 4.98 Å². The fourth-order valence-electron chi connectivity index (χ4n) is 1.36. The smallest absolute Gasteiger partial charge is 0.254 e. The van der Waals surface area contributed by atoms with Gasteiger partial charge in [0.1, 0.15) is 5.82 Å². The zero-order valence-electron chi connectivity index (χ0n) is 10.1. The second kappa shape index (κ2) is 5.79. The first-order valence-corrected chi connectivity index (χ1v) is 7.55. The number of pyridine rings is 1. The summed E-state index contributed by atoms with van der Waals surface area (Å²) >= 11 is 3.32. The average Bonchev–Trinajstić information content (AvgIpc) is 2.24. The molecule has 0 aliphatic heterocycles. The van der Waals surface area contributed by atoms with Crippen molar-refractivity contribution in [1.29, 1.82) is 0 Å². The van der Waals surface area contributed by atoms with Crippen molar-refractivity contribution in [2.45, 2.75) is 20.8 Å². The molecule has 0 aliphatic rings.